The molecule has 0 saturated heterocycles. The Bertz CT molecular complexity index is 336. The van der Waals surface area contributed by atoms with Crippen LogP contribution in [0.4, 0.5) is 0 Å². The second-order valence-electron chi connectivity index (χ2n) is 4.56. The van der Waals surface area contributed by atoms with E-state index in [9.17, 15) is 0 Å². The number of thiophene rings is 1. The van der Waals surface area contributed by atoms with Crippen molar-refractivity contribution in [3.63, 3.8) is 0 Å². The highest BCUT2D eigenvalue weighted by Gasteiger charge is 2.13. The number of methoxy groups -OCH3 is 1. The maximum absolute atomic E-state index is 5.68. The summed E-state index contributed by atoms with van der Waals surface area (Å²) < 4.78 is 5.16. The molecule has 1 heterocycles. The van der Waals surface area contributed by atoms with Crippen molar-refractivity contribution in [2.24, 2.45) is 5.73 Å². The van der Waals surface area contributed by atoms with Crippen LogP contribution in [0, 0.1) is 6.92 Å². The fourth-order valence-electron chi connectivity index (χ4n) is 1.79. The Morgan fingerprint density at radius 1 is 1.47 bits per heavy atom. The van der Waals surface area contributed by atoms with Crippen LogP contribution in [0.3, 0.4) is 0 Å². The van der Waals surface area contributed by atoms with Gasteiger partial charge < -0.3 is 10.5 Å². The van der Waals surface area contributed by atoms with Gasteiger partial charge in [-0.1, -0.05) is 0 Å². The fraction of sp³-hybridized carbons (Fsp3) is 0.692. The van der Waals surface area contributed by atoms with Gasteiger partial charge >= 0.3 is 0 Å². The fourth-order valence-corrected chi connectivity index (χ4v) is 2.72. The third kappa shape index (κ3) is 4.39. The number of hydrogen-bond acceptors (Lipinski definition) is 4. The van der Waals surface area contributed by atoms with Gasteiger partial charge in [-0.05, 0) is 32.4 Å². The molecule has 3 nitrogen and oxygen atoms in total. The van der Waals surface area contributed by atoms with E-state index in [4.69, 9.17) is 10.5 Å². The molecule has 0 saturated carbocycles. The molecule has 17 heavy (non-hydrogen) atoms. The molecule has 0 amide bonds. The Balaban J connectivity index is 2.67. The average Bonchev–Trinajstić information content (AvgIpc) is 2.65. The van der Waals surface area contributed by atoms with Gasteiger partial charge in [0.15, 0.2) is 0 Å². The van der Waals surface area contributed by atoms with E-state index in [2.05, 4.69) is 31.7 Å². The van der Waals surface area contributed by atoms with Crippen LogP contribution in [0.2, 0.25) is 0 Å². The van der Waals surface area contributed by atoms with E-state index in [0.717, 1.165) is 19.7 Å². The number of aryl methyl sites for hydroxylation is 1. The molecule has 0 aliphatic rings. The minimum absolute atomic E-state index is 0.533. The Morgan fingerprint density at radius 2 is 2.18 bits per heavy atom. The molecule has 4 heteroatoms. The number of nitrogens with zero attached hydrogens (tertiary/aromatic N) is 1. The first kappa shape index (κ1) is 14.6. The molecule has 0 aromatic carbocycles. The SMILES string of the molecule is COCCN(Cc1cc(CN)sc1C)C(C)C. The summed E-state index contributed by atoms with van der Waals surface area (Å²) in [5, 5.41) is 0. The Labute approximate surface area is 109 Å². The lowest BCUT2D eigenvalue weighted by atomic mass is 10.2. The summed E-state index contributed by atoms with van der Waals surface area (Å²) >= 11 is 1.81. The first-order valence-electron chi connectivity index (χ1n) is 6.09. The zero-order chi connectivity index (χ0) is 12.8. The van der Waals surface area contributed by atoms with Crippen molar-refractivity contribution in [1.29, 1.82) is 0 Å². The van der Waals surface area contributed by atoms with Crippen LogP contribution in [0.5, 0.6) is 0 Å². The zero-order valence-corrected chi connectivity index (χ0v) is 12.1. The first-order valence-corrected chi connectivity index (χ1v) is 6.91. The Kier molecular flexibility index (Phi) is 6.12. The third-order valence-corrected chi connectivity index (χ3v) is 4.07. The molecule has 98 valence electrons. The molecule has 0 bridgehead atoms. The van der Waals surface area contributed by atoms with Gasteiger partial charge in [0.2, 0.25) is 0 Å². The van der Waals surface area contributed by atoms with E-state index in [0.29, 0.717) is 12.6 Å². The largest absolute Gasteiger partial charge is 0.383 e. The first-order chi connectivity index (χ1) is 8.08. The lowest BCUT2D eigenvalue weighted by molar-refractivity contribution is 0.125. The number of rotatable bonds is 7. The lowest BCUT2D eigenvalue weighted by Gasteiger charge is -2.26. The summed E-state index contributed by atoms with van der Waals surface area (Å²) in [4.78, 5) is 5.08. The summed E-state index contributed by atoms with van der Waals surface area (Å²) in [5.74, 6) is 0. The monoisotopic (exact) mass is 256 g/mol. The van der Waals surface area contributed by atoms with Gasteiger partial charge in [0.25, 0.3) is 0 Å². The van der Waals surface area contributed by atoms with Crippen molar-refractivity contribution < 1.29 is 4.74 Å². The number of nitrogens with two attached hydrogens (primary N) is 1. The summed E-state index contributed by atoms with van der Waals surface area (Å²) in [6.45, 7) is 10.0. The van der Waals surface area contributed by atoms with Gasteiger partial charge in [0.1, 0.15) is 0 Å². The van der Waals surface area contributed by atoms with Gasteiger partial charge in [-0.3, -0.25) is 4.90 Å². The van der Waals surface area contributed by atoms with Crippen LogP contribution in [0.25, 0.3) is 0 Å². The minimum Gasteiger partial charge on any atom is -0.383 e. The van der Waals surface area contributed by atoms with Gasteiger partial charge in [-0.2, -0.15) is 0 Å². The normalized spacial score (nSPS) is 11.7. The third-order valence-electron chi connectivity index (χ3n) is 2.96. The second kappa shape index (κ2) is 7.11. The summed E-state index contributed by atoms with van der Waals surface area (Å²) in [6.07, 6.45) is 0. The predicted octanol–water partition coefficient (Wildman–Crippen LogP) is 2.37. The Hall–Kier alpha value is -0.420. The van der Waals surface area contributed by atoms with Gasteiger partial charge in [0, 0.05) is 42.5 Å². The zero-order valence-electron chi connectivity index (χ0n) is 11.3. The molecule has 2 N–H and O–H groups in total. The summed E-state index contributed by atoms with van der Waals surface area (Å²) in [7, 11) is 1.75. The maximum Gasteiger partial charge on any atom is 0.0589 e. The summed E-state index contributed by atoms with van der Waals surface area (Å²) in [6, 6.07) is 2.77. The van der Waals surface area contributed by atoms with Crippen molar-refractivity contribution in [3.8, 4) is 0 Å². The standard InChI is InChI=1S/C13H24N2OS/c1-10(2)15(5-6-16-4)9-12-7-13(8-14)17-11(12)3/h7,10H,5-6,8-9,14H2,1-4H3. The second-order valence-corrected chi connectivity index (χ2v) is 5.90. The van der Waals surface area contributed by atoms with Crippen molar-refractivity contribution in [2.75, 3.05) is 20.3 Å². The highest BCUT2D eigenvalue weighted by Crippen LogP contribution is 2.23. The molecular formula is C13H24N2OS. The molecule has 0 radical (unpaired) electrons. The van der Waals surface area contributed by atoms with Gasteiger partial charge in [0.05, 0.1) is 6.61 Å². The predicted molar refractivity (Wildman–Crippen MR) is 74.4 cm³/mol. The van der Waals surface area contributed by atoms with E-state index in [1.807, 2.05) is 11.3 Å². The maximum atomic E-state index is 5.68. The quantitative estimate of drug-likeness (QED) is 0.814. The highest BCUT2D eigenvalue weighted by atomic mass is 32.1. The average molecular weight is 256 g/mol. The molecule has 1 aromatic rings. The van der Waals surface area contributed by atoms with E-state index in [1.165, 1.54) is 15.3 Å². The van der Waals surface area contributed by atoms with Gasteiger partial charge in [-0.15, -0.1) is 11.3 Å². The smallest absolute Gasteiger partial charge is 0.0589 e. The van der Waals surface area contributed by atoms with E-state index < -0.39 is 0 Å². The molecule has 0 atom stereocenters. The Morgan fingerprint density at radius 3 is 2.65 bits per heavy atom. The van der Waals surface area contributed by atoms with Gasteiger partial charge in [-0.25, -0.2) is 0 Å². The molecule has 0 aliphatic carbocycles. The van der Waals surface area contributed by atoms with E-state index in [1.54, 1.807) is 7.11 Å². The van der Waals surface area contributed by atoms with Crippen LogP contribution in [0.1, 0.15) is 29.2 Å². The molecule has 0 spiro atoms. The number of ether oxygens (including phenoxy) is 1. The number of hydrogen-bond donors (Lipinski definition) is 1. The summed E-state index contributed by atoms with van der Waals surface area (Å²) in [5.41, 5.74) is 7.08. The highest BCUT2D eigenvalue weighted by molar-refractivity contribution is 7.12. The molecule has 0 unspecified atom stereocenters. The van der Waals surface area contributed by atoms with Crippen molar-refractivity contribution in [3.05, 3.63) is 21.4 Å². The van der Waals surface area contributed by atoms with E-state index >= 15 is 0 Å². The van der Waals surface area contributed by atoms with Crippen LogP contribution in [0.15, 0.2) is 6.07 Å². The lowest BCUT2D eigenvalue weighted by Crippen LogP contribution is -2.33. The molecule has 1 rings (SSSR count). The van der Waals surface area contributed by atoms with Crippen LogP contribution >= 0.6 is 11.3 Å². The molecule has 0 fully saturated rings. The van der Waals surface area contributed by atoms with Crippen molar-refractivity contribution >= 4 is 11.3 Å². The molecule has 0 aliphatic heterocycles. The van der Waals surface area contributed by atoms with Crippen molar-refractivity contribution in [1.82, 2.24) is 4.90 Å². The topological polar surface area (TPSA) is 38.5 Å². The molecular weight excluding hydrogens is 232 g/mol. The van der Waals surface area contributed by atoms with Crippen LogP contribution in [-0.4, -0.2) is 31.2 Å². The minimum atomic E-state index is 0.533. The van der Waals surface area contributed by atoms with Crippen molar-refractivity contribution in [2.45, 2.75) is 39.9 Å². The molecule has 1 aromatic heterocycles. The van der Waals surface area contributed by atoms with Crippen LogP contribution < -0.4 is 5.73 Å². The van der Waals surface area contributed by atoms with Crippen LogP contribution in [-0.2, 0) is 17.8 Å². The van der Waals surface area contributed by atoms with E-state index in [-0.39, 0.29) is 0 Å².